The van der Waals surface area contributed by atoms with Crippen molar-refractivity contribution in [1.29, 1.82) is 0 Å². The van der Waals surface area contributed by atoms with E-state index in [2.05, 4.69) is 35.4 Å². The summed E-state index contributed by atoms with van der Waals surface area (Å²) in [6, 6.07) is 11.5. The number of anilines is 4. The van der Waals surface area contributed by atoms with Crippen LogP contribution in [0.2, 0.25) is 0 Å². The van der Waals surface area contributed by atoms with Crippen molar-refractivity contribution in [2.75, 3.05) is 23.5 Å². The molecule has 4 aromatic rings. The SMILES string of the molecule is COC(=O)c1cncc(-c2ccc(NC(=O)n3nc(Nc4ccc(S(N)(=O)=O)cc4)nc3N)cc2)n1. The first kappa shape index (κ1) is 24.2. The Kier molecular flexibility index (Phi) is 6.58. The Balaban J connectivity index is 1.44. The van der Waals surface area contributed by atoms with Crippen molar-refractivity contribution >= 4 is 45.3 Å². The molecule has 4 rings (SSSR count). The van der Waals surface area contributed by atoms with Crippen molar-refractivity contribution in [1.82, 2.24) is 24.7 Å². The van der Waals surface area contributed by atoms with Gasteiger partial charge in [-0.25, -0.2) is 28.1 Å². The molecule has 14 nitrogen and oxygen atoms in total. The van der Waals surface area contributed by atoms with Gasteiger partial charge >= 0.3 is 12.0 Å². The zero-order chi connectivity index (χ0) is 25.9. The molecule has 0 saturated heterocycles. The first-order chi connectivity index (χ1) is 17.1. The standard InChI is InChI=1S/C21H19N9O5S/c1-35-18(31)17-11-24-10-16(27-17)12-2-4-14(5-3-12)26-21(32)30-19(22)28-20(29-30)25-13-6-8-15(9-7-13)36(23,33)34/h2-11H,1H3,(H,26,32)(H2,23,33,34)(H3,22,25,28,29). The molecule has 0 unspecified atom stereocenters. The molecular formula is C21H19N9O5S. The van der Waals surface area contributed by atoms with Gasteiger partial charge in [-0.2, -0.15) is 4.98 Å². The third kappa shape index (κ3) is 5.43. The van der Waals surface area contributed by atoms with Crippen LogP contribution in [0.3, 0.4) is 0 Å². The molecule has 0 radical (unpaired) electrons. The fourth-order valence-corrected chi connectivity index (χ4v) is 3.51. The molecule has 2 heterocycles. The van der Waals surface area contributed by atoms with E-state index >= 15 is 0 Å². The number of carbonyl (C=O) groups is 2. The Morgan fingerprint density at radius 1 is 0.972 bits per heavy atom. The van der Waals surface area contributed by atoms with Crippen LogP contribution in [-0.4, -0.2) is 52.3 Å². The van der Waals surface area contributed by atoms with E-state index in [4.69, 9.17) is 10.9 Å². The van der Waals surface area contributed by atoms with Crippen LogP contribution in [0.15, 0.2) is 65.8 Å². The predicted molar refractivity (Wildman–Crippen MR) is 129 cm³/mol. The van der Waals surface area contributed by atoms with Crippen LogP contribution in [0, 0.1) is 0 Å². The van der Waals surface area contributed by atoms with Crippen molar-refractivity contribution < 1.29 is 22.7 Å². The maximum atomic E-state index is 12.7. The topological polar surface area (TPSA) is 210 Å². The second kappa shape index (κ2) is 9.77. The number of benzene rings is 2. The van der Waals surface area contributed by atoms with E-state index in [1.807, 2.05) is 0 Å². The van der Waals surface area contributed by atoms with Crippen LogP contribution in [0.5, 0.6) is 0 Å². The molecule has 6 N–H and O–H groups in total. The predicted octanol–water partition coefficient (Wildman–Crippen LogP) is 1.58. The Labute approximate surface area is 204 Å². The number of ether oxygens (including phenoxy) is 1. The van der Waals surface area contributed by atoms with Gasteiger partial charge in [-0.15, -0.1) is 9.78 Å². The van der Waals surface area contributed by atoms with Crippen LogP contribution in [0.4, 0.5) is 28.1 Å². The van der Waals surface area contributed by atoms with Gasteiger partial charge in [0.2, 0.25) is 21.9 Å². The van der Waals surface area contributed by atoms with Crippen molar-refractivity contribution in [3.63, 3.8) is 0 Å². The van der Waals surface area contributed by atoms with Gasteiger partial charge < -0.3 is 21.1 Å². The van der Waals surface area contributed by atoms with E-state index < -0.39 is 22.0 Å². The highest BCUT2D eigenvalue weighted by Gasteiger charge is 2.15. The fraction of sp³-hybridized carbons (Fsp3) is 0.0476. The highest BCUT2D eigenvalue weighted by molar-refractivity contribution is 7.89. The molecule has 0 atom stereocenters. The van der Waals surface area contributed by atoms with Crippen LogP contribution in [0.1, 0.15) is 10.5 Å². The van der Waals surface area contributed by atoms with Crippen LogP contribution >= 0.6 is 0 Å². The lowest BCUT2D eigenvalue weighted by atomic mass is 10.1. The number of sulfonamides is 1. The summed E-state index contributed by atoms with van der Waals surface area (Å²) >= 11 is 0. The summed E-state index contributed by atoms with van der Waals surface area (Å²) in [4.78, 5) is 36.4. The van der Waals surface area contributed by atoms with Crippen LogP contribution in [-0.2, 0) is 14.8 Å². The molecule has 184 valence electrons. The Bertz CT molecular complexity index is 1540. The number of aromatic nitrogens is 5. The number of methoxy groups -OCH3 is 1. The zero-order valence-corrected chi connectivity index (χ0v) is 19.4. The highest BCUT2D eigenvalue weighted by atomic mass is 32.2. The molecule has 2 aromatic heterocycles. The number of amides is 1. The number of primary sulfonamides is 1. The normalized spacial score (nSPS) is 11.1. The van der Waals surface area contributed by atoms with Gasteiger partial charge in [0.1, 0.15) is 0 Å². The molecule has 0 aliphatic rings. The first-order valence-corrected chi connectivity index (χ1v) is 11.6. The summed E-state index contributed by atoms with van der Waals surface area (Å²) in [5.74, 6) is -0.763. The molecule has 2 aromatic carbocycles. The summed E-state index contributed by atoms with van der Waals surface area (Å²) in [6.07, 6.45) is 2.79. The number of nitrogens with two attached hydrogens (primary N) is 2. The largest absolute Gasteiger partial charge is 0.464 e. The second-order valence-corrected chi connectivity index (χ2v) is 8.75. The van der Waals surface area contributed by atoms with E-state index in [0.717, 1.165) is 4.68 Å². The van der Waals surface area contributed by atoms with E-state index in [9.17, 15) is 18.0 Å². The number of rotatable bonds is 6. The Hall–Kier alpha value is -4.89. The summed E-state index contributed by atoms with van der Waals surface area (Å²) < 4.78 is 28.2. The number of nitrogens with one attached hydrogen (secondary N) is 2. The summed E-state index contributed by atoms with van der Waals surface area (Å²) in [5, 5.41) is 14.6. The monoisotopic (exact) mass is 509 g/mol. The second-order valence-electron chi connectivity index (χ2n) is 7.19. The third-order valence-corrected chi connectivity index (χ3v) is 5.65. The molecule has 0 bridgehead atoms. The summed E-state index contributed by atoms with van der Waals surface area (Å²) in [5.41, 5.74) is 7.88. The molecule has 0 aliphatic heterocycles. The van der Waals surface area contributed by atoms with Gasteiger partial charge in [0.05, 0.1) is 30.1 Å². The summed E-state index contributed by atoms with van der Waals surface area (Å²) in [6.45, 7) is 0. The zero-order valence-electron chi connectivity index (χ0n) is 18.6. The number of hydrogen-bond donors (Lipinski definition) is 4. The van der Waals surface area contributed by atoms with E-state index in [-0.39, 0.29) is 22.5 Å². The minimum absolute atomic E-state index is 0.0189. The highest BCUT2D eigenvalue weighted by Crippen LogP contribution is 2.21. The molecule has 15 heteroatoms. The van der Waals surface area contributed by atoms with Gasteiger partial charge in [0, 0.05) is 16.9 Å². The van der Waals surface area contributed by atoms with Crippen molar-refractivity contribution in [3.05, 3.63) is 66.6 Å². The quantitative estimate of drug-likeness (QED) is 0.274. The van der Waals surface area contributed by atoms with Crippen molar-refractivity contribution in [2.24, 2.45) is 5.14 Å². The number of nitrogen functional groups attached to an aromatic ring is 1. The van der Waals surface area contributed by atoms with Crippen LogP contribution < -0.4 is 21.5 Å². The lowest BCUT2D eigenvalue weighted by molar-refractivity contribution is 0.0593. The minimum atomic E-state index is -3.82. The average Bonchev–Trinajstić information content (AvgIpc) is 3.23. The molecule has 1 amide bonds. The van der Waals surface area contributed by atoms with Gasteiger partial charge in [-0.05, 0) is 36.4 Å². The van der Waals surface area contributed by atoms with Gasteiger partial charge in [0.25, 0.3) is 0 Å². The van der Waals surface area contributed by atoms with Gasteiger partial charge in [-0.3, -0.25) is 4.98 Å². The lowest BCUT2D eigenvalue weighted by Crippen LogP contribution is -2.22. The fourth-order valence-electron chi connectivity index (χ4n) is 2.99. The van der Waals surface area contributed by atoms with Gasteiger partial charge in [0.15, 0.2) is 5.69 Å². The molecular weight excluding hydrogens is 490 g/mol. The van der Waals surface area contributed by atoms with E-state index in [1.165, 1.54) is 43.8 Å². The smallest absolute Gasteiger partial charge is 0.358 e. The molecule has 0 spiro atoms. The lowest BCUT2D eigenvalue weighted by Gasteiger charge is -2.07. The van der Waals surface area contributed by atoms with Crippen molar-refractivity contribution in [3.8, 4) is 11.3 Å². The first-order valence-electron chi connectivity index (χ1n) is 10.1. The Morgan fingerprint density at radius 2 is 1.64 bits per heavy atom. The average molecular weight is 510 g/mol. The summed E-state index contributed by atoms with van der Waals surface area (Å²) in [7, 11) is -2.57. The minimum Gasteiger partial charge on any atom is -0.464 e. The number of hydrogen-bond acceptors (Lipinski definition) is 11. The maximum absolute atomic E-state index is 12.7. The molecule has 0 aliphatic carbocycles. The number of carbonyl (C=O) groups excluding carboxylic acids is 2. The van der Waals surface area contributed by atoms with Crippen LogP contribution in [0.25, 0.3) is 11.3 Å². The van der Waals surface area contributed by atoms with E-state index in [1.54, 1.807) is 24.3 Å². The maximum Gasteiger partial charge on any atom is 0.358 e. The molecule has 0 fully saturated rings. The molecule has 36 heavy (non-hydrogen) atoms. The number of nitrogens with zero attached hydrogens (tertiary/aromatic N) is 5. The van der Waals surface area contributed by atoms with E-state index in [0.29, 0.717) is 22.6 Å². The Morgan fingerprint density at radius 3 is 2.28 bits per heavy atom. The molecule has 0 saturated carbocycles. The van der Waals surface area contributed by atoms with Crippen molar-refractivity contribution in [2.45, 2.75) is 4.90 Å². The number of esters is 1. The van der Waals surface area contributed by atoms with Gasteiger partial charge in [-0.1, -0.05) is 12.1 Å². The third-order valence-electron chi connectivity index (χ3n) is 4.72.